The van der Waals surface area contributed by atoms with Crippen molar-refractivity contribution in [3.05, 3.63) is 29.8 Å². The number of hydrogen-bond donors (Lipinski definition) is 1. The van der Waals surface area contributed by atoms with E-state index < -0.39 is 17.7 Å². The summed E-state index contributed by atoms with van der Waals surface area (Å²) in [5.74, 6) is 2.91. The number of carbonyl (C=O) groups is 2. The summed E-state index contributed by atoms with van der Waals surface area (Å²) in [4.78, 5) is 27.1. The Balaban J connectivity index is 1.97. The summed E-state index contributed by atoms with van der Waals surface area (Å²) in [5.41, 5.74) is 0.368. The van der Waals surface area contributed by atoms with E-state index in [0.29, 0.717) is 18.2 Å². The Kier molecular flexibility index (Phi) is 10.0. The average molecular weight is 451 g/mol. The molecule has 0 aliphatic heterocycles. The van der Waals surface area contributed by atoms with Gasteiger partial charge in [-0.05, 0) is 63.0 Å². The summed E-state index contributed by atoms with van der Waals surface area (Å²) in [6.07, 6.45) is 5.99. The number of benzene rings is 1. The highest BCUT2D eigenvalue weighted by atomic mass is 32.2. The molecule has 0 saturated heterocycles. The molecule has 0 heterocycles. The highest BCUT2D eigenvalue weighted by Gasteiger charge is 2.30. The first-order valence-corrected chi connectivity index (χ1v) is 12.3. The third-order valence-electron chi connectivity index (χ3n) is 5.43. The summed E-state index contributed by atoms with van der Waals surface area (Å²) in [7, 11) is 3.27. The Bertz CT molecular complexity index is 697. The van der Waals surface area contributed by atoms with E-state index in [4.69, 9.17) is 9.47 Å². The molecule has 0 spiro atoms. The highest BCUT2D eigenvalue weighted by molar-refractivity contribution is 7.99. The number of methoxy groups -OCH3 is 1. The quantitative estimate of drug-likeness (QED) is 0.582. The molecule has 2 rings (SSSR count). The van der Waals surface area contributed by atoms with Gasteiger partial charge in [-0.25, -0.2) is 4.79 Å². The van der Waals surface area contributed by atoms with Crippen molar-refractivity contribution in [3.8, 4) is 5.75 Å². The van der Waals surface area contributed by atoms with Gasteiger partial charge in [-0.1, -0.05) is 31.4 Å². The van der Waals surface area contributed by atoms with E-state index in [1.807, 2.05) is 45.0 Å². The minimum Gasteiger partial charge on any atom is -0.497 e. The van der Waals surface area contributed by atoms with Gasteiger partial charge in [0.05, 0.1) is 7.11 Å². The fraction of sp³-hybridized carbons (Fsp3) is 0.667. The lowest BCUT2D eigenvalue weighted by molar-refractivity contribution is -0.125. The van der Waals surface area contributed by atoms with E-state index in [0.717, 1.165) is 17.1 Å². The van der Waals surface area contributed by atoms with E-state index in [-0.39, 0.29) is 5.91 Å². The van der Waals surface area contributed by atoms with Crippen molar-refractivity contribution in [2.24, 2.45) is 5.92 Å². The molecule has 1 N–H and O–H groups in total. The van der Waals surface area contributed by atoms with Crippen LogP contribution in [-0.4, -0.2) is 54.2 Å². The van der Waals surface area contributed by atoms with Crippen LogP contribution in [0.4, 0.5) is 4.79 Å². The van der Waals surface area contributed by atoms with Crippen molar-refractivity contribution in [3.63, 3.8) is 0 Å². The maximum absolute atomic E-state index is 13.0. The SMILES string of the molecule is COc1ccc(CNC(=O)[C@H](CSCC2CCCCC2)N(C)C(=O)OC(C)(C)C)cc1. The average Bonchev–Trinajstić information content (AvgIpc) is 2.74. The van der Waals surface area contributed by atoms with E-state index in [9.17, 15) is 9.59 Å². The summed E-state index contributed by atoms with van der Waals surface area (Å²) in [6.45, 7) is 5.88. The molecule has 1 atom stereocenters. The van der Waals surface area contributed by atoms with Crippen molar-refractivity contribution < 1.29 is 19.1 Å². The third kappa shape index (κ3) is 9.01. The molecular formula is C24H38N2O4S. The summed E-state index contributed by atoms with van der Waals surface area (Å²) in [6, 6.07) is 6.99. The van der Waals surface area contributed by atoms with Crippen molar-refractivity contribution in [1.29, 1.82) is 0 Å². The van der Waals surface area contributed by atoms with Gasteiger partial charge in [-0.15, -0.1) is 0 Å². The lowest BCUT2D eigenvalue weighted by atomic mass is 9.91. The molecule has 0 unspecified atom stereocenters. The van der Waals surface area contributed by atoms with Crippen molar-refractivity contribution in [2.75, 3.05) is 25.7 Å². The lowest BCUT2D eigenvalue weighted by Crippen LogP contribution is -2.50. The van der Waals surface area contributed by atoms with Gasteiger partial charge in [0.15, 0.2) is 0 Å². The molecule has 6 nitrogen and oxygen atoms in total. The number of hydrogen-bond acceptors (Lipinski definition) is 5. The van der Waals surface area contributed by atoms with Crippen LogP contribution in [0.1, 0.15) is 58.4 Å². The second-order valence-corrected chi connectivity index (χ2v) is 10.3. The number of amides is 2. The first-order valence-electron chi connectivity index (χ1n) is 11.1. The molecule has 0 radical (unpaired) electrons. The highest BCUT2D eigenvalue weighted by Crippen LogP contribution is 2.27. The number of carbonyl (C=O) groups excluding carboxylic acids is 2. The molecule has 31 heavy (non-hydrogen) atoms. The van der Waals surface area contributed by atoms with Crippen molar-refractivity contribution in [1.82, 2.24) is 10.2 Å². The fourth-order valence-corrected chi connectivity index (χ4v) is 4.98. The van der Waals surface area contributed by atoms with Gasteiger partial charge in [0.1, 0.15) is 17.4 Å². The Morgan fingerprint density at radius 3 is 2.39 bits per heavy atom. The molecule has 1 aliphatic carbocycles. The second-order valence-electron chi connectivity index (χ2n) is 9.21. The van der Waals surface area contributed by atoms with Crippen LogP contribution < -0.4 is 10.1 Å². The number of likely N-dealkylation sites (N-methyl/N-ethyl adjacent to an activating group) is 1. The van der Waals surface area contributed by atoms with Crippen molar-refractivity contribution in [2.45, 2.75) is 71.1 Å². The Hall–Kier alpha value is -1.89. The largest absolute Gasteiger partial charge is 0.497 e. The Labute approximate surface area is 191 Å². The summed E-state index contributed by atoms with van der Waals surface area (Å²) >= 11 is 1.76. The zero-order valence-electron chi connectivity index (χ0n) is 19.6. The molecule has 1 aliphatic rings. The monoisotopic (exact) mass is 450 g/mol. The van der Waals surface area contributed by atoms with E-state index >= 15 is 0 Å². The molecule has 1 fully saturated rings. The Morgan fingerprint density at radius 2 is 1.81 bits per heavy atom. The molecule has 7 heteroatoms. The van der Waals surface area contributed by atoms with Gasteiger partial charge in [0, 0.05) is 19.3 Å². The van der Waals surface area contributed by atoms with Crippen LogP contribution in [0.15, 0.2) is 24.3 Å². The second kappa shape index (κ2) is 12.2. The molecular weight excluding hydrogens is 412 g/mol. The Morgan fingerprint density at radius 1 is 1.16 bits per heavy atom. The lowest BCUT2D eigenvalue weighted by Gasteiger charge is -2.30. The first-order chi connectivity index (χ1) is 14.7. The molecule has 1 aromatic rings. The third-order valence-corrected chi connectivity index (χ3v) is 6.69. The predicted octanol–water partition coefficient (Wildman–Crippen LogP) is 4.86. The van der Waals surface area contributed by atoms with Gasteiger partial charge < -0.3 is 14.8 Å². The van der Waals surface area contributed by atoms with Gasteiger partial charge in [-0.3, -0.25) is 9.69 Å². The van der Waals surface area contributed by atoms with Gasteiger partial charge in [0.25, 0.3) is 0 Å². The molecule has 2 amide bonds. The number of nitrogens with zero attached hydrogens (tertiary/aromatic N) is 1. The van der Waals surface area contributed by atoms with Crippen LogP contribution in [0.25, 0.3) is 0 Å². The zero-order valence-corrected chi connectivity index (χ0v) is 20.4. The maximum atomic E-state index is 13.0. The number of rotatable bonds is 9. The van der Waals surface area contributed by atoms with Gasteiger partial charge >= 0.3 is 6.09 Å². The fourth-order valence-electron chi connectivity index (χ4n) is 3.58. The van der Waals surface area contributed by atoms with Crippen LogP contribution in [0.3, 0.4) is 0 Å². The normalized spacial score (nSPS) is 15.8. The van der Waals surface area contributed by atoms with E-state index in [2.05, 4.69) is 5.32 Å². The number of ether oxygens (including phenoxy) is 2. The van der Waals surface area contributed by atoms with Crippen LogP contribution in [-0.2, 0) is 16.1 Å². The van der Waals surface area contributed by atoms with Crippen molar-refractivity contribution >= 4 is 23.8 Å². The number of thioether (sulfide) groups is 1. The van der Waals surface area contributed by atoms with Gasteiger partial charge in [-0.2, -0.15) is 11.8 Å². The van der Waals surface area contributed by atoms with Crippen LogP contribution in [0, 0.1) is 5.92 Å². The molecule has 0 aromatic heterocycles. The minimum atomic E-state index is -0.606. The first kappa shape index (κ1) is 25.4. The van der Waals surface area contributed by atoms with Crippen LogP contribution in [0.2, 0.25) is 0 Å². The standard InChI is InChI=1S/C24H38N2O4S/c1-24(2,3)30-23(28)26(4)21(17-31-16-19-9-7-6-8-10-19)22(27)25-15-18-11-13-20(29-5)14-12-18/h11-14,19,21H,6-10,15-17H2,1-5H3,(H,25,27)/t21-/m0/s1. The van der Waals surface area contributed by atoms with Crippen LogP contribution in [0.5, 0.6) is 5.75 Å². The zero-order chi connectivity index (χ0) is 22.9. The van der Waals surface area contributed by atoms with E-state index in [1.54, 1.807) is 25.9 Å². The molecule has 0 bridgehead atoms. The molecule has 1 saturated carbocycles. The minimum absolute atomic E-state index is 0.166. The topological polar surface area (TPSA) is 67.9 Å². The van der Waals surface area contributed by atoms with Gasteiger partial charge in [0.2, 0.25) is 5.91 Å². The maximum Gasteiger partial charge on any atom is 0.410 e. The predicted molar refractivity (Wildman–Crippen MR) is 127 cm³/mol. The number of nitrogens with one attached hydrogen (secondary N) is 1. The van der Waals surface area contributed by atoms with E-state index in [1.165, 1.54) is 37.0 Å². The molecule has 174 valence electrons. The smallest absolute Gasteiger partial charge is 0.410 e. The summed E-state index contributed by atoms with van der Waals surface area (Å²) < 4.78 is 10.7. The molecule has 1 aromatic carbocycles. The van der Waals surface area contributed by atoms with Crippen LogP contribution >= 0.6 is 11.8 Å². The summed E-state index contributed by atoms with van der Waals surface area (Å²) in [5, 5.41) is 2.98.